The van der Waals surface area contributed by atoms with Gasteiger partial charge in [-0.05, 0) is 0 Å². The van der Waals surface area contributed by atoms with E-state index in [1.54, 1.807) is 0 Å². The van der Waals surface area contributed by atoms with Crippen LogP contribution in [0.5, 0.6) is 11.5 Å². The molecule has 1 rings (SSSR count). The van der Waals surface area contributed by atoms with E-state index in [1.165, 1.54) is 0 Å². The molecule has 0 aliphatic carbocycles. The predicted molar refractivity (Wildman–Crippen MR) is 34.6 cm³/mol. The van der Waals surface area contributed by atoms with Crippen LogP contribution in [0.1, 0.15) is 0 Å². The number of halogens is 2. The fourth-order valence-corrected chi connectivity index (χ4v) is 0.742. The van der Waals surface area contributed by atoms with Gasteiger partial charge in [-0.25, -0.2) is 8.78 Å². The highest BCUT2D eigenvalue weighted by Gasteiger charge is 2.10. The van der Waals surface area contributed by atoms with Gasteiger partial charge in [-0.2, -0.15) is 0 Å². The Kier molecular flexibility index (Phi) is 1.94. The zero-order valence-electron chi connectivity index (χ0n) is 5.77. The van der Waals surface area contributed by atoms with Gasteiger partial charge in [0, 0.05) is 12.1 Å². The molecule has 0 aliphatic heterocycles. The van der Waals surface area contributed by atoms with Crippen molar-refractivity contribution in [3.63, 3.8) is 0 Å². The monoisotopic (exact) mass is 160 g/mol. The zero-order chi connectivity index (χ0) is 8.43. The fourth-order valence-electron chi connectivity index (χ4n) is 0.742. The van der Waals surface area contributed by atoms with Gasteiger partial charge in [-0.1, -0.05) is 0 Å². The van der Waals surface area contributed by atoms with Crippen molar-refractivity contribution in [1.82, 2.24) is 0 Å². The molecule has 0 aliphatic rings. The lowest BCUT2D eigenvalue weighted by atomic mass is 10.3. The van der Waals surface area contributed by atoms with Gasteiger partial charge in [0.2, 0.25) is 0 Å². The third-order valence-electron chi connectivity index (χ3n) is 1.19. The average molecular weight is 160 g/mol. The number of hydrogen-bond donors (Lipinski definition) is 1. The molecule has 2 nitrogen and oxygen atoms in total. The Bertz CT molecular complexity index is 250. The summed E-state index contributed by atoms with van der Waals surface area (Å²) in [5.41, 5.74) is 0. The molecule has 0 amide bonds. The second-order valence-corrected chi connectivity index (χ2v) is 1.94. The number of aromatic hydroxyl groups is 1. The van der Waals surface area contributed by atoms with Crippen LogP contribution < -0.4 is 4.74 Å². The molecule has 0 saturated carbocycles. The summed E-state index contributed by atoms with van der Waals surface area (Å²) in [5, 5.41) is 8.68. The molecule has 0 aromatic heterocycles. The quantitative estimate of drug-likeness (QED) is 0.677. The summed E-state index contributed by atoms with van der Waals surface area (Å²) in [6.07, 6.45) is 0. The normalized spacial score (nSPS) is 9.73. The number of benzene rings is 1. The van der Waals surface area contributed by atoms with E-state index in [9.17, 15) is 8.78 Å². The maximum absolute atomic E-state index is 12.6. The lowest BCUT2D eigenvalue weighted by Crippen LogP contribution is -1.91. The van der Waals surface area contributed by atoms with Gasteiger partial charge in [-0.3, -0.25) is 0 Å². The first-order valence-electron chi connectivity index (χ1n) is 2.87. The van der Waals surface area contributed by atoms with Crippen LogP contribution in [-0.4, -0.2) is 12.2 Å². The topological polar surface area (TPSA) is 29.5 Å². The molecule has 0 heterocycles. The van der Waals surface area contributed by atoms with Gasteiger partial charge in [0.05, 0.1) is 7.11 Å². The van der Waals surface area contributed by atoms with E-state index in [1.807, 2.05) is 0 Å². The number of methoxy groups -OCH3 is 1. The molecule has 1 N–H and O–H groups in total. The lowest BCUT2D eigenvalue weighted by Gasteiger charge is -2.02. The fraction of sp³-hybridized carbons (Fsp3) is 0.143. The predicted octanol–water partition coefficient (Wildman–Crippen LogP) is 1.68. The highest BCUT2D eigenvalue weighted by atomic mass is 19.1. The average Bonchev–Trinajstić information content (AvgIpc) is 1.85. The first-order chi connectivity index (χ1) is 5.15. The SMILES string of the molecule is COc1c(F)cc(O)cc1F. The number of phenols is 1. The molecular formula is C7H6F2O2. The first-order valence-corrected chi connectivity index (χ1v) is 2.87. The van der Waals surface area contributed by atoms with E-state index in [2.05, 4.69) is 4.74 Å². The van der Waals surface area contributed by atoms with Crippen LogP contribution in [-0.2, 0) is 0 Å². The molecule has 11 heavy (non-hydrogen) atoms. The van der Waals surface area contributed by atoms with Crippen molar-refractivity contribution in [3.8, 4) is 11.5 Å². The molecular weight excluding hydrogens is 154 g/mol. The van der Waals surface area contributed by atoms with Crippen LogP contribution in [0.2, 0.25) is 0 Å². The molecule has 0 spiro atoms. The van der Waals surface area contributed by atoms with Crippen LogP contribution >= 0.6 is 0 Å². The van der Waals surface area contributed by atoms with Gasteiger partial charge in [0.15, 0.2) is 17.4 Å². The third kappa shape index (κ3) is 1.39. The number of ether oxygens (including phenoxy) is 1. The highest BCUT2D eigenvalue weighted by molar-refractivity contribution is 5.33. The first kappa shape index (κ1) is 7.78. The standard InChI is InChI=1S/C7H6F2O2/c1-11-7-5(8)2-4(10)3-6(7)9/h2-3,10H,1H3. The summed E-state index contributed by atoms with van der Waals surface area (Å²) in [7, 11) is 1.15. The zero-order valence-corrected chi connectivity index (χ0v) is 5.77. The molecule has 0 radical (unpaired) electrons. The minimum absolute atomic E-state index is 0.458. The molecule has 0 fully saturated rings. The largest absolute Gasteiger partial charge is 0.508 e. The van der Waals surface area contributed by atoms with E-state index in [-0.39, 0.29) is 0 Å². The maximum atomic E-state index is 12.6. The van der Waals surface area contributed by atoms with E-state index in [0.29, 0.717) is 0 Å². The minimum atomic E-state index is -0.912. The lowest BCUT2D eigenvalue weighted by molar-refractivity contribution is 0.354. The van der Waals surface area contributed by atoms with Gasteiger partial charge in [-0.15, -0.1) is 0 Å². The Hall–Kier alpha value is -1.32. The molecule has 4 heteroatoms. The highest BCUT2D eigenvalue weighted by Crippen LogP contribution is 2.25. The molecule has 1 aromatic carbocycles. The second kappa shape index (κ2) is 2.74. The second-order valence-electron chi connectivity index (χ2n) is 1.94. The van der Waals surface area contributed by atoms with Crippen molar-refractivity contribution in [2.75, 3.05) is 7.11 Å². The molecule has 1 aromatic rings. The van der Waals surface area contributed by atoms with Gasteiger partial charge in [0.25, 0.3) is 0 Å². The van der Waals surface area contributed by atoms with Crippen molar-refractivity contribution in [2.45, 2.75) is 0 Å². The number of phenolic OH excluding ortho intramolecular Hbond substituents is 1. The molecule has 60 valence electrons. The van der Waals surface area contributed by atoms with E-state index < -0.39 is 23.1 Å². The van der Waals surface area contributed by atoms with Crippen LogP contribution in [0.25, 0.3) is 0 Å². The van der Waals surface area contributed by atoms with E-state index in [0.717, 1.165) is 19.2 Å². The summed E-state index contributed by atoms with van der Waals surface area (Å²) in [4.78, 5) is 0. The molecule has 0 bridgehead atoms. The van der Waals surface area contributed by atoms with Crippen molar-refractivity contribution in [2.24, 2.45) is 0 Å². The minimum Gasteiger partial charge on any atom is -0.508 e. The van der Waals surface area contributed by atoms with Crippen LogP contribution in [0.3, 0.4) is 0 Å². The summed E-state index contributed by atoms with van der Waals surface area (Å²) in [5.74, 6) is -2.77. The number of hydrogen-bond acceptors (Lipinski definition) is 2. The maximum Gasteiger partial charge on any atom is 0.190 e. The summed E-state index contributed by atoms with van der Waals surface area (Å²) in [6.45, 7) is 0. The smallest absolute Gasteiger partial charge is 0.190 e. The van der Waals surface area contributed by atoms with Crippen molar-refractivity contribution >= 4 is 0 Å². The van der Waals surface area contributed by atoms with Crippen molar-refractivity contribution in [1.29, 1.82) is 0 Å². The van der Waals surface area contributed by atoms with Gasteiger partial charge >= 0.3 is 0 Å². The molecule has 0 saturated heterocycles. The molecule has 0 unspecified atom stereocenters. The van der Waals surface area contributed by atoms with Crippen LogP contribution in [0, 0.1) is 11.6 Å². The summed E-state index contributed by atoms with van der Waals surface area (Å²) >= 11 is 0. The van der Waals surface area contributed by atoms with Crippen molar-refractivity contribution in [3.05, 3.63) is 23.8 Å². The molecule has 0 atom stereocenters. The van der Waals surface area contributed by atoms with Gasteiger partial charge < -0.3 is 9.84 Å². The Labute approximate surface area is 62.0 Å². The number of rotatable bonds is 1. The van der Waals surface area contributed by atoms with E-state index in [4.69, 9.17) is 5.11 Å². The summed E-state index contributed by atoms with van der Waals surface area (Å²) < 4.78 is 29.5. The summed E-state index contributed by atoms with van der Waals surface area (Å²) in [6, 6.07) is 1.56. The van der Waals surface area contributed by atoms with Crippen molar-refractivity contribution < 1.29 is 18.6 Å². The Morgan fingerprint density at radius 1 is 1.27 bits per heavy atom. The Morgan fingerprint density at radius 3 is 2.09 bits per heavy atom. The van der Waals surface area contributed by atoms with Gasteiger partial charge in [0.1, 0.15) is 5.75 Å². The Morgan fingerprint density at radius 2 is 1.73 bits per heavy atom. The van der Waals surface area contributed by atoms with Crippen LogP contribution in [0.15, 0.2) is 12.1 Å². The third-order valence-corrected chi connectivity index (χ3v) is 1.19. The van der Waals surface area contributed by atoms with E-state index >= 15 is 0 Å². The van der Waals surface area contributed by atoms with Crippen LogP contribution in [0.4, 0.5) is 8.78 Å². The Balaban J connectivity index is 3.25.